The highest BCUT2D eigenvalue weighted by atomic mass is 35.5. The van der Waals surface area contributed by atoms with Gasteiger partial charge in [-0.05, 0) is 12.1 Å². The van der Waals surface area contributed by atoms with E-state index in [1.165, 1.54) is 18.6 Å². The van der Waals surface area contributed by atoms with Gasteiger partial charge in [-0.1, -0.05) is 34.8 Å². The van der Waals surface area contributed by atoms with Gasteiger partial charge in [-0.25, -0.2) is 4.79 Å². The Morgan fingerprint density at radius 2 is 1.83 bits per heavy atom. The lowest BCUT2D eigenvalue weighted by Gasteiger charge is -2.02. The van der Waals surface area contributed by atoms with E-state index < -0.39 is 0 Å². The Bertz CT molecular complexity index is 312. The van der Waals surface area contributed by atoms with Crippen LogP contribution in [0.2, 0.25) is 15.1 Å². The van der Waals surface area contributed by atoms with E-state index in [-0.39, 0.29) is 15.8 Å². The summed E-state index contributed by atoms with van der Waals surface area (Å²) in [5, 5.41) is 0.568. The van der Waals surface area contributed by atoms with Gasteiger partial charge >= 0.3 is 6.47 Å². The molecular formula is C7H2Cl3O2. The zero-order chi connectivity index (χ0) is 9.14. The van der Waals surface area contributed by atoms with Crippen LogP contribution in [0.5, 0.6) is 5.75 Å². The molecule has 0 amide bonds. The molecule has 63 valence electrons. The minimum Gasteiger partial charge on any atom is -0.416 e. The van der Waals surface area contributed by atoms with Crippen molar-refractivity contribution in [2.75, 3.05) is 0 Å². The summed E-state index contributed by atoms with van der Waals surface area (Å²) in [5.41, 5.74) is 0. The lowest BCUT2D eigenvalue weighted by Crippen LogP contribution is -1.89. The first-order chi connectivity index (χ1) is 5.66. The number of benzene rings is 1. The first kappa shape index (κ1) is 9.65. The zero-order valence-corrected chi connectivity index (χ0v) is 7.87. The second-order valence-corrected chi connectivity index (χ2v) is 3.02. The lowest BCUT2D eigenvalue weighted by atomic mass is 10.3. The first-order valence-corrected chi connectivity index (χ1v) is 3.97. The largest absolute Gasteiger partial charge is 0.423 e. The van der Waals surface area contributed by atoms with Crippen LogP contribution < -0.4 is 4.74 Å². The van der Waals surface area contributed by atoms with E-state index in [1.54, 1.807) is 0 Å². The predicted octanol–water partition coefficient (Wildman–Crippen LogP) is 3.09. The Hall–Kier alpha value is -0.440. The second-order valence-electron chi connectivity index (χ2n) is 1.86. The summed E-state index contributed by atoms with van der Waals surface area (Å²) in [6.07, 6.45) is 0. The van der Waals surface area contributed by atoms with Gasteiger partial charge in [0.2, 0.25) is 0 Å². The van der Waals surface area contributed by atoms with Crippen LogP contribution in [-0.4, -0.2) is 6.47 Å². The van der Waals surface area contributed by atoms with E-state index in [4.69, 9.17) is 34.8 Å². The van der Waals surface area contributed by atoms with Gasteiger partial charge in [0, 0.05) is 0 Å². The van der Waals surface area contributed by atoms with E-state index in [1.807, 2.05) is 0 Å². The SMILES string of the molecule is O=[C]Oc1ccc(Cl)c(Cl)c1Cl. The van der Waals surface area contributed by atoms with E-state index in [9.17, 15) is 4.79 Å². The highest BCUT2D eigenvalue weighted by molar-refractivity contribution is 6.48. The van der Waals surface area contributed by atoms with Crippen molar-refractivity contribution in [3.63, 3.8) is 0 Å². The van der Waals surface area contributed by atoms with Crippen molar-refractivity contribution in [1.82, 2.24) is 0 Å². The van der Waals surface area contributed by atoms with Crippen molar-refractivity contribution in [2.45, 2.75) is 0 Å². The van der Waals surface area contributed by atoms with Gasteiger partial charge in [-0.3, -0.25) is 0 Å². The molecule has 0 aliphatic heterocycles. The average molecular weight is 224 g/mol. The van der Waals surface area contributed by atoms with Gasteiger partial charge < -0.3 is 4.74 Å². The molecule has 0 aliphatic carbocycles. The highest BCUT2D eigenvalue weighted by Gasteiger charge is 2.09. The summed E-state index contributed by atoms with van der Waals surface area (Å²) in [7, 11) is 0. The Morgan fingerprint density at radius 1 is 1.17 bits per heavy atom. The monoisotopic (exact) mass is 223 g/mol. The predicted molar refractivity (Wildman–Crippen MR) is 47.8 cm³/mol. The molecule has 2 nitrogen and oxygen atoms in total. The summed E-state index contributed by atoms with van der Waals surface area (Å²) >= 11 is 16.9. The van der Waals surface area contributed by atoms with Gasteiger partial charge in [-0.15, -0.1) is 0 Å². The lowest BCUT2D eigenvalue weighted by molar-refractivity contribution is 0.443. The van der Waals surface area contributed by atoms with Crippen molar-refractivity contribution in [1.29, 1.82) is 0 Å². The van der Waals surface area contributed by atoms with Crippen LogP contribution in [-0.2, 0) is 4.79 Å². The van der Waals surface area contributed by atoms with Gasteiger partial charge in [0.25, 0.3) is 0 Å². The third kappa shape index (κ3) is 1.83. The molecule has 0 unspecified atom stereocenters. The van der Waals surface area contributed by atoms with Gasteiger partial charge in [-0.2, -0.15) is 0 Å². The van der Waals surface area contributed by atoms with Crippen molar-refractivity contribution in [3.8, 4) is 5.75 Å². The van der Waals surface area contributed by atoms with Crippen LogP contribution in [0.3, 0.4) is 0 Å². The van der Waals surface area contributed by atoms with E-state index >= 15 is 0 Å². The summed E-state index contributed by atoms with van der Waals surface area (Å²) in [5.74, 6) is 0.140. The molecule has 1 aromatic rings. The molecule has 0 bridgehead atoms. The molecule has 1 radical (unpaired) electrons. The van der Waals surface area contributed by atoms with Crippen LogP contribution in [0.1, 0.15) is 0 Å². The Kier molecular flexibility index (Phi) is 3.20. The third-order valence-electron chi connectivity index (χ3n) is 1.15. The highest BCUT2D eigenvalue weighted by Crippen LogP contribution is 2.36. The number of hydrogen-bond donors (Lipinski definition) is 0. The van der Waals surface area contributed by atoms with Crippen LogP contribution in [0.15, 0.2) is 12.1 Å². The minimum absolute atomic E-state index is 0.104. The van der Waals surface area contributed by atoms with Crippen molar-refractivity contribution in [2.24, 2.45) is 0 Å². The number of halogens is 3. The Labute approximate surface area is 84.0 Å². The van der Waals surface area contributed by atoms with Gasteiger partial charge in [0.15, 0.2) is 5.75 Å². The summed E-state index contributed by atoms with van der Waals surface area (Å²) in [6, 6.07) is 2.91. The quantitative estimate of drug-likeness (QED) is 0.722. The number of carbonyl (C=O) groups excluding carboxylic acids is 1. The van der Waals surface area contributed by atoms with E-state index in [2.05, 4.69) is 4.74 Å². The van der Waals surface area contributed by atoms with Crippen LogP contribution in [0.4, 0.5) is 0 Å². The molecule has 1 aromatic carbocycles. The van der Waals surface area contributed by atoms with Gasteiger partial charge in [0.1, 0.15) is 5.02 Å². The molecule has 0 saturated carbocycles. The third-order valence-corrected chi connectivity index (χ3v) is 2.43. The summed E-state index contributed by atoms with van der Waals surface area (Å²) < 4.78 is 4.39. The van der Waals surface area contributed by atoms with Crippen LogP contribution >= 0.6 is 34.8 Å². The minimum atomic E-state index is 0.104. The molecule has 1 rings (SSSR count). The molecule has 5 heteroatoms. The number of ether oxygens (including phenoxy) is 1. The first-order valence-electron chi connectivity index (χ1n) is 2.84. The average Bonchev–Trinajstić information content (AvgIpc) is 2.07. The van der Waals surface area contributed by atoms with Crippen LogP contribution in [0, 0.1) is 0 Å². The zero-order valence-electron chi connectivity index (χ0n) is 5.61. The molecule has 12 heavy (non-hydrogen) atoms. The molecule has 0 aliphatic rings. The molecular weight excluding hydrogens is 222 g/mol. The molecule has 0 spiro atoms. The maximum Gasteiger partial charge on any atom is 0.423 e. The summed E-state index contributed by atoms with van der Waals surface area (Å²) in [6.45, 7) is 1.24. The molecule has 0 heterocycles. The van der Waals surface area contributed by atoms with Crippen molar-refractivity contribution in [3.05, 3.63) is 27.2 Å². The van der Waals surface area contributed by atoms with E-state index in [0.29, 0.717) is 5.02 Å². The summed E-state index contributed by atoms with van der Waals surface area (Å²) in [4.78, 5) is 9.84. The molecule has 0 N–H and O–H groups in total. The number of rotatable bonds is 2. The van der Waals surface area contributed by atoms with E-state index in [0.717, 1.165) is 0 Å². The maximum atomic E-state index is 9.84. The standard InChI is InChI=1S/C7H2Cl3O2/c8-4-1-2-5(12-3-11)7(10)6(4)9/h1-2H. The molecule has 0 atom stereocenters. The smallest absolute Gasteiger partial charge is 0.416 e. The molecule has 0 saturated heterocycles. The second kappa shape index (κ2) is 3.99. The van der Waals surface area contributed by atoms with Gasteiger partial charge in [0.05, 0.1) is 10.0 Å². The normalized spacial score (nSPS) is 9.58. The van der Waals surface area contributed by atoms with Crippen LogP contribution in [0.25, 0.3) is 0 Å². The molecule has 0 fully saturated rings. The molecule has 0 aromatic heterocycles. The Morgan fingerprint density at radius 3 is 2.42 bits per heavy atom. The topological polar surface area (TPSA) is 26.3 Å². The van der Waals surface area contributed by atoms with Crippen molar-refractivity contribution < 1.29 is 9.53 Å². The Balaban J connectivity index is 3.16. The fourth-order valence-electron chi connectivity index (χ4n) is 0.632. The number of hydrogen-bond acceptors (Lipinski definition) is 2. The fourth-order valence-corrected chi connectivity index (χ4v) is 1.20. The van der Waals surface area contributed by atoms with Crippen molar-refractivity contribution >= 4 is 41.3 Å². The maximum absolute atomic E-state index is 9.84. The fraction of sp³-hybridized carbons (Fsp3) is 0.